The Bertz CT molecular complexity index is 7980. The number of aromatic amines is 5. The zero-order valence-corrected chi connectivity index (χ0v) is 77.2. The Kier molecular flexibility index (Phi) is 27.2. The van der Waals surface area contributed by atoms with Gasteiger partial charge in [0.2, 0.25) is 0 Å². The van der Waals surface area contributed by atoms with Crippen LogP contribution in [0.25, 0.3) is 32.9 Å². The Balaban J connectivity index is 0.000000117. The van der Waals surface area contributed by atoms with Gasteiger partial charge in [-0.15, -0.1) is 0 Å². The molecule has 678 valence electrons. The van der Waals surface area contributed by atoms with E-state index in [-0.39, 0.29) is 27.8 Å². The van der Waals surface area contributed by atoms with E-state index >= 15 is 0 Å². The van der Waals surface area contributed by atoms with Crippen LogP contribution in [0.5, 0.6) is 0 Å². The van der Waals surface area contributed by atoms with Crippen molar-refractivity contribution in [3.63, 3.8) is 0 Å². The van der Waals surface area contributed by atoms with Gasteiger partial charge in [0.25, 0.3) is 27.8 Å². The topological polar surface area (TPSA) is 307 Å². The van der Waals surface area contributed by atoms with Gasteiger partial charge < -0.3 is 49.4 Å². The van der Waals surface area contributed by atoms with Crippen molar-refractivity contribution in [2.75, 3.05) is 57.2 Å². The van der Waals surface area contributed by atoms with Gasteiger partial charge in [-0.25, -0.2) is 49.9 Å². The molecule has 10 aromatic carbocycles. The molecule has 1 unspecified atom stereocenters. The number of H-pyrrole nitrogens is 5. The van der Waals surface area contributed by atoms with Gasteiger partial charge in [0.15, 0.2) is 55.9 Å². The minimum atomic E-state index is -0.252. The molecule has 10 heterocycles. The average molecular weight is 1790 g/mol. The molecule has 15 aromatic rings. The van der Waals surface area contributed by atoms with Crippen LogP contribution in [0.4, 0.5) is 86.0 Å². The van der Waals surface area contributed by atoms with E-state index in [4.69, 9.17) is 0 Å². The molecule has 0 spiro atoms. The summed E-state index contributed by atoms with van der Waals surface area (Å²) in [6.45, 7) is 37.5. The Labute approximate surface area is 780 Å². The second-order valence-corrected chi connectivity index (χ2v) is 35.2. The summed E-state index contributed by atoms with van der Waals surface area (Å²) < 4.78 is 0. The third kappa shape index (κ3) is 21.0. The van der Waals surface area contributed by atoms with E-state index in [1.54, 1.807) is 0 Å². The van der Waals surface area contributed by atoms with Crippen LogP contribution >= 0.6 is 0 Å². The summed E-state index contributed by atoms with van der Waals surface area (Å²) in [7, 11) is 0. The standard InChI is InChI=1S/C24H24N4O.C23H24N4O.C22H22N4O.C21H20N4O.C20H18N4O/c1-15-13-20-21(14-19(15)18-10-11-18)28(12-6-9-17-7-4-3-5-8-17)23-22(27-20)24(29)26-16(2)25-23;1-14(10-18-8-6-5-7-9-18)13-27-20-12-16(3)15(2)11-19(20)26-21-22(27)24-17(4)25-23(21)28;1-14-12-18-19(13-15(14)2)26(11-7-10-17-8-5-4-6-9-17)21-20(25-18)22(27)24-16(3)23-21;1-14-10-11-17-18(13-14)25(12-6-9-16-7-4-3-5-8-16)20-19(24-17)21(26)23-15(2)22-20;1-14-21-19-18(20(25)22-14)23-16-11-5-6-12-17(16)24(19)13-7-10-15-8-3-2-4-9-15/h3-5,7-8,13-14,18H,2,6,9-12H2,1H3,(H,26,29);5-9,11-12,14H,4,10,13H2,1-3H3,(H,25,28);4-6,8-9,12-13H,3,7,10-11H2,1-2H3,(H,24,27);3-5,7-8,10-11,13H,2,6,9,12H2,1H3,(H,23,26);2-6,8-9,11-12H,1,7,10,13H2,(H,22,25). The van der Waals surface area contributed by atoms with Gasteiger partial charge in [-0.3, -0.25) is 24.0 Å². The Morgan fingerprint density at radius 2 is 0.585 bits per heavy atom. The number of nitrogens with one attached hydrogen (secondary N) is 5. The maximum absolute atomic E-state index is 12.5. The van der Waals surface area contributed by atoms with Crippen LogP contribution in [0.2, 0.25) is 0 Å². The van der Waals surface area contributed by atoms with Crippen molar-refractivity contribution < 1.29 is 0 Å². The molecule has 5 N–H and O–H groups in total. The smallest absolute Gasteiger partial charge is 0.279 e. The quantitative estimate of drug-likeness (QED) is 0.0447. The Morgan fingerprint density at radius 3 is 0.948 bits per heavy atom. The summed E-state index contributed by atoms with van der Waals surface area (Å²) in [5.41, 5.74) is 24.6. The number of para-hydroxylation sites is 2. The minimum Gasteiger partial charge on any atom is -0.322 e. The first-order valence-electron chi connectivity index (χ1n) is 45.9. The molecule has 0 radical (unpaired) electrons. The Morgan fingerprint density at radius 1 is 0.304 bits per heavy atom. The van der Waals surface area contributed by atoms with Gasteiger partial charge in [-0.2, -0.15) is 0 Å². The van der Waals surface area contributed by atoms with E-state index in [1.807, 2.05) is 78.9 Å². The summed E-state index contributed by atoms with van der Waals surface area (Å²) in [6.07, 6.45) is 11.1. The van der Waals surface area contributed by atoms with Gasteiger partial charge in [0.05, 0.1) is 56.9 Å². The first-order valence-corrected chi connectivity index (χ1v) is 45.9. The number of rotatable bonds is 21. The maximum atomic E-state index is 12.5. The molecule has 0 saturated heterocycles. The van der Waals surface area contributed by atoms with Crippen LogP contribution < -0.4 is 106 Å². The van der Waals surface area contributed by atoms with Crippen LogP contribution in [-0.4, -0.2) is 82.6 Å². The number of nitrogens with zero attached hydrogens (tertiary/aromatic N) is 15. The van der Waals surface area contributed by atoms with E-state index in [2.05, 4.69) is 332 Å². The fourth-order valence-electron chi connectivity index (χ4n) is 17.7. The lowest BCUT2D eigenvalue weighted by Crippen LogP contribution is -2.43. The molecule has 0 bridgehead atoms. The first kappa shape index (κ1) is 90.9. The van der Waals surface area contributed by atoms with E-state index in [1.165, 1.54) is 62.9 Å². The van der Waals surface area contributed by atoms with E-state index in [9.17, 15) is 24.0 Å². The van der Waals surface area contributed by atoms with Crippen molar-refractivity contribution in [3.05, 3.63) is 403 Å². The molecule has 1 saturated carbocycles. The van der Waals surface area contributed by atoms with Crippen molar-refractivity contribution in [1.82, 2.24) is 49.8 Å². The molecule has 25 heteroatoms. The zero-order chi connectivity index (χ0) is 94.1. The van der Waals surface area contributed by atoms with Crippen molar-refractivity contribution >= 4 is 119 Å². The fraction of sp³-hybridized carbons (Fsp3) is 0.227. The maximum Gasteiger partial charge on any atom is 0.279 e. The van der Waals surface area contributed by atoms with Crippen LogP contribution in [0.15, 0.2) is 279 Å². The molecule has 0 amide bonds. The number of benzene rings is 10. The van der Waals surface area contributed by atoms with Gasteiger partial charge in [0, 0.05) is 32.7 Å². The van der Waals surface area contributed by atoms with Crippen LogP contribution in [0.3, 0.4) is 0 Å². The second kappa shape index (κ2) is 40.4. The number of hydrogen-bond acceptors (Lipinski definition) is 20. The number of aryl methyl sites for hydroxylation is 10. The molecule has 1 fully saturated rings. The Hall–Kier alpha value is -16.1. The molecule has 135 heavy (non-hydrogen) atoms. The van der Waals surface area contributed by atoms with Crippen LogP contribution in [0.1, 0.15) is 118 Å². The number of fused-ring (bicyclic) bond motifs is 10. The first-order chi connectivity index (χ1) is 65.4. The lowest BCUT2D eigenvalue weighted by Gasteiger charge is -2.31. The number of aromatic nitrogens is 10. The summed E-state index contributed by atoms with van der Waals surface area (Å²) in [4.78, 5) is 131. The molecule has 5 aromatic heterocycles. The largest absolute Gasteiger partial charge is 0.322 e. The lowest BCUT2D eigenvalue weighted by atomic mass is 9.99. The summed E-state index contributed by atoms with van der Waals surface area (Å²) >= 11 is 0. The molecule has 6 aliphatic rings. The molecule has 5 aliphatic heterocycles. The van der Waals surface area contributed by atoms with Gasteiger partial charge in [-0.1, -0.05) is 210 Å². The minimum absolute atomic E-state index is 0.234. The molecule has 1 aliphatic carbocycles. The van der Waals surface area contributed by atoms with E-state index in [0.29, 0.717) is 95.1 Å². The SMILES string of the molecule is C=c1nc2c(c(=O)[nH]1)=Nc1cc(C)c(C)cc1N2CC(C)Cc1ccccc1.C=c1nc2c(c(=O)[nH]1)=Nc1cc(C)c(C)cc1N2CCCc1ccccc1.C=c1nc2c(c(=O)[nH]1)=Nc1cc(C)c(C3CC3)cc1N2CCCc1ccccc1.C=c1nc2c(c(=O)[nH]1)=Nc1ccc(C)cc1N2CCCc1ccccc1.C=c1nc2c(c(=O)[nH]1)=Nc1ccccc1N2CCCc1ccccc1. The third-order valence-corrected chi connectivity index (χ3v) is 24.8. The summed E-state index contributed by atoms with van der Waals surface area (Å²) in [5.74, 6) is 3.98. The summed E-state index contributed by atoms with van der Waals surface area (Å²) in [5, 5.41) is 1.80. The van der Waals surface area contributed by atoms with Crippen LogP contribution in [-0.2, 0) is 32.1 Å². The predicted octanol–water partition coefficient (Wildman–Crippen LogP) is 14.1. The third-order valence-electron chi connectivity index (χ3n) is 24.8. The van der Waals surface area contributed by atoms with Gasteiger partial charge in [0.1, 0.15) is 27.4 Å². The van der Waals surface area contributed by atoms with Crippen molar-refractivity contribution in [1.29, 1.82) is 0 Å². The van der Waals surface area contributed by atoms with E-state index < -0.39 is 0 Å². The zero-order valence-electron chi connectivity index (χ0n) is 77.2. The lowest BCUT2D eigenvalue weighted by molar-refractivity contribution is 0.580. The van der Waals surface area contributed by atoms with Crippen molar-refractivity contribution in [3.8, 4) is 0 Å². The van der Waals surface area contributed by atoms with Gasteiger partial charge >= 0.3 is 0 Å². The molecular formula is C110H108N20O5. The molecule has 25 nitrogen and oxygen atoms in total. The van der Waals surface area contributed by atoms with Gasteiger partial charge in [-0.05, 0) is 251 Å². The number of anilines is 10. The highest BCUT2D eigenvalue weighted by molar-refractivity contribution is 5.81. The average Bonchev–Trinajstić information content (AvgIpc) is 1.60. The van der Waals surface area contributed by atoms with Crippen LogP contribution in [0, 0.1) is 47.5 Å². The fourth-order valence-corrected chi connectivity index (χ4v) is 17.7. The molecule has 21 rings (SSSR count). The van der Waals surface area contributed by atoms with Crippen molar-refractivity contribution in [2.24, 2.45) is 30.9 Å². The second-order valence-electron chi connectivity index (χ2n) is 35.2. The highest BCUT2D eigenvalue weighted by atomic mass is 16.1. The predicted molar refractivity (Wildman–Crippen MR) is 540 cm³/mol. The van der Waals surface area contributed by atoms with Crippen molar-refractivity contribution in [2.45, 2.75) is 125 Å². The highest BCUT2D eigenvalue weighted by Crippen LogP contribution is 2.47. The normalized spacial score (nSPS) is 13.1. The summed E-state index contributed by atoms with van der Waals surface area (Å²) in [6, 6.07) is 78.7. The monoisotopic (exact) mass is 1790 g/mol. The number of hydrogen-bond donors (Lipinski definition) is 5. The van der Waals surface area contributed by atoms with E-state index in [0.717, 1.165) is 164 Å². The highest BCUT2D eigenvalue weighted by Gasteiger charge is 2.32. The molecule has 1 atom stereocenters. The molecular weight excluding hydrogens is 1680 g/mol.